The Morgan fingerprint density at radius 2 is 2.09 bits per heavy atom. The maximum Gasteiger partial charge on any atom is 0.315 e. The fourth-order valence-electron chi connectivity index (χ4n) is 2.36. The maximum atomic E-state index is 11.8. The van der Waals surface area contributed by atoms with E-state index in [4.69, 9.17) is 4.74 Å². The monoisotopic (exact) mass is 308 g/mol. The molecule has 0 fully saturated rings. The predicted molar refractivity (Wildman–Crippen MR) is 88.1 cm³/mol. The van der Waals surface area contributed by atoms with Gasteiger partial charge in [0.2, 0.25) is 0 Å². The Morgan fingerprint density at radius 1 is 1.36 bits per heavy atom. The lowest BCUT2D eigenvalue weighted by Gasteiger charge is -2.17. The molecule has 22 heavy (non-hydrogen) atoms. The molecule has 0 saturated carbocycles. The highest BCUT2D eigenvalue weighted by Crippen LogP contribution is 2.12. The van der Waals surface area contributed by atoms with Crippen LogP contribution in [0.2, 0.25) is 0 Å². The minimum Gasteiger partial charge on any atom is -0.391 e. The van der Waals surface area contributed by atoms with Crippen molar-refractivity contribution >= 4 is 6.03 Å². The van der Waals surface area contributed by atoms with E-state index in [0.29, 0.717) is 13.0 Å². The number of benzene rings is 1. The van der Waals surface area contributed by atoms with Gasteiger partial charge in [-0.25, -0.2) is 4.79 Å². The zero-order valence-corrected chi connectivity index (χ0v) is 14.0. The van der Waals surface area contributed by atoms with Gasteiger partial charge in [0.1, 0.15) is 0 Å². The molecule has 0 aliphatic carbocycles. The van der Waals surface area contributed by atoms with Crippen molar-refractivity contribution in [3.8, 4) is 0 Å². The normalized spacial score (nSPS) is 13.5. The van der Waals surface area contributed by atoms with Gasteiger partial charge in [-0.15, -0.1) is 0 Å². The molecule has 0 bridgehead atoms. The summed E-state index contributed by atoms with van der Waals surface area (Å²) in [6, 6.07) is 6.19. The molecule has 5 heteroatoms. The Labute approximate surface area is 133 Å². The number of aliphatic hydroxyl groups is 1. The van der Waals surface area contributed by atoms with Gasteiger partial charge in [0.05, 0.1) is 12.7 Å². The molecular weight excluding hydrogens is 280 g/mol. The fraction of sp³-hybridized carbons (Fsp3) is 0.588. The second-order valence-electron chi connectivity index (χ2n) is 5.83. The third-order valence-corrected chi connectivity index (χ3v) is 3.52. The Balaban J connectivity index is 2.32. The van der Waals surface area contributed by atoms with Crippen LogP contribution in [0, 0.1) is 13.8 Å². The molecule has 1 rings (SSSR count). The van der Waals surface area contributed by atoms with Gasteiger partial charge in [-0.3, -0.25) is 0 Å². The van der Waals surface area contributed by atoms with Crippen molar-refractivity contribution in [3.63, 3.8) is 0 Å². The number of methoxy groups -OCH3 is 1. The second kappa shape index (κ2) is 9.43. The first-order valence-electron chi connectivity index (χ1n) is 7.70. The average Bonchev–Trinajstić information content (AvgIpc) is 2.42. The molecule has 1 aromatic rings. The Morgan fingerprint density at radius 3 is 2.73 bits per heavy atom. The quantitative estimate of drug-likeness (QED) is 0.687. The fourth-order valence-corrected chi connectivity index (χ4v) is 2.36. The number of rotatable bonds is 8. The van der Waals surface area contributed by atoms with Crippen LogP contribution < -0.4 is 10.6 Å². The van der Waals surface area contributed by atoms with Crippen LogP contribution in [0.25, 0.3) is 0 Å². The molecule has 1 aromatic carbocycles. The van der Waals surface area contributed by atoms with Crippen molar-refractivity contribution < 1.29 is 14.6 Å². The van der Waals surface area contributed by atoms with Gasteiger partial charge in [-0.2, -0.15) is 0 Å². The van der Waals surface area contributed by atoms with Gasteiger partial charge in [0, 0.05) is 19.7 Å². The topological polar surface area (TPSA) is 70.6 Å². The van der Waals surface area contributed by atoms with Crippen LogP contribution in [-0.2, 0) is 11.2 Å². The van der Waals surface area contributed by atoms with Crippen molar-refractivity contribution in [1.29, 1.82) is 0 Å². The van der Waals surface area contributed by atoms with E-state index in [0.717, 1.165) is 6.42 Å². The molecule has 0 heterocycles. The summed E-state index contributed by atoms with van der Waals surface area (Å²) >= 11 is 0. The van der Waals surface area contributed by atoms with Crippen molar-refractivity contribution in [2.45, 2.75) is 45.8 Å². The van der Waals surface area contributed by atoms with E-state index in [2.05, 4.69) is 42.7 Å². The average molecular weight is 308 g/mol. The summed E-state index contributed by atoms with van der Waals surface area (Å²) in [5.74, 6) is 0. The number of carbonyl (C=O) groups is 1. The number of hydrogen-bond acceptors (Lipinski definition) is 3. The third kappa shape index (κ3) is 6.91. The molecule has 5 nitrogen and oxygen atoms in total. The number of urea groups is 1. The number of nitrogens with one attached hydrogen (secondary N) is 2. The summed E-state index contributed by atoms with van der Waals surface area (Å²) in [4.78, 5) is 11.8. The molecular formula is C17H28N2O3. The molecule has 0 aromatic heterocycles. The van der Waals surface area contributed by atoms with Gasteiger partial charge < -0.3 is 20.5 Å². The Hall–Kier alpha value is -1.59. The number of carbonyl (C=O) groups excluding carboxylic acids is 1. The van der Waals surface area contributed by atoms with Gasteiger partial charge in [0.25, 0.3) is 0 Å². The lowest BCUT2D eigenvalue weighted by Crippen LogP contribution is -2.42. The van der Waals surface area contributed by atoms with Crippen LogP contribution in [0.5, 0.6) is 0 Å². The first-order chi connectivity index (χ1) is 10.4. The van der Waals surface area contributed by atoms with Crippen LogP contribution in [0.3, 0.4) is 0 Å². The molecule has 2 atom stereocenters. The van der Waals surface area contributed by atoms with Crippen molar-refractivity contribution in [1.82, 2.24) is 10.6 Å². The highest BCUT2D eigenvalue weighted by Gasteiger charge is 2.10. The number of aliphatic hydroxyl groups excluding tert-OH is 1. The molecule has 0 aliphatic rings. The van der Waals surface area contributed by atoms with E-state index in [1.807, 2.05) is 6.92 Å². The highest BCUT2D eigenvalue weighted by atomic mass is 16.5. The largest absolute Gasteiger partial charge is 0.391 e. The molecule has 2 unspecified atom stereocenters. The molecule has 0 spiro atoms. The summed E-state index contributed by atoms with van der Waals surface area (Å²) in [5.41, 5.74) is 3.74. The van der Waals surface area contributed by atoms with Gasteiger partial charge >= 0.3 is 6.03 Å². The molecule has 2 amide bonds. The number of ether oxygens (including phenoxy) is 1. The zero-order chi connectivity index (χ0) is 16.5. The minimum absolute atomic E-state index is 0.0466. The summed E-state index contributed by atoms with van der Waals surface area (Å²) in [6.45, 7) is 6.86. The third-order valence-electron chi connectivity index (χ3n) is 3.52. The maximum absolute atomic E-state index is 11.8. The van der Waals surface area contributed by atoms with E-state index in [9.17, 15) is 9.90 Å². The smallest absolute Gasteiger partial charge is 0.315 e. The molecule has 3 N–H and O–H groups in total. The predicted octanol–water partition coefficient (Wildman–Crippen LogP) is 1.93. The van der Waals surface area contributed by atoms with E-state index >= 15 is 0 Å². The van der Waals surface area contributed by atoms with Gasteiger partial charge in [-0.1, -0.05) is 23.8 Å². The molecule has 0 aliphatic heterocycles. The lowest BCUT2D eigenvalue weighted by atomic mass is 10.00. The van der Waals surface area contributed by atoms with Crippen molar-refractivity contribution in [2.24, 2.45) is 0 Å². The first-order valence-corrected chi connectivity index (χ1v) is 7.70. The number of aryl methyl sites for hydroxylation is 2. The van der Waals surface area contributed by atoms with Gasteiger partial charge in [0.15, 0.2) is 0 Å². The second-order valence-corrected chi connectivity index (χ2v) is 5.83. The molecule has 124 valence electrons. The van der Waals surface area contributed by atoms with E-state index in [-0.39, 0.29) is 18.7 Å². The minimum atomic E-state index is -0.544. The van der Waals surface area contributed by atoms with Crippen molar-refractivity contribution in [3.05, 3.63) is 34.9 Å². The zero-order valence-electron chi connectivity index (χ0n) is 14.0. The van der Waals surface area contributed by atoms with Crippen LogP contribution in [0.1, 0.15) is 30.0 Å². The van der Waals surface area contributed by atoms with Crippen molar-refractivity contribution in [2.75, 3.05) is 20.3 Å². The van der Waals surface area contributed by atoms with E-state index in [1.54, 1.807) is 0 Å². The Kier molecular flexibility index (Phi) is 7.91. The number of amides is 2. The standard InChI is InChI=1S/C17H28N2O3/c1-12-5-6-15(13(2)9-12)10-14(3)19-17(21)18-8-7-16(20)11-22-4/h5-6,9,14,16,20H,7-8,10-11H2,1-4H3,(H2,18,19,21). The summed E-state index contributed by atoms with van der Waals surface area (Å²) in [7, 11) is 1.54. The summed E-state index contributed by atoms with van der Waals surface area (Å²) in [5, 5.41) is 15.2. The molecule has 0 saturated heterocycles. The van der Waals surface area contributed by atoms with Gasteiger partial charge in [-0.05, 0) is 44.7 Å². The van der Waals surface area contributed by atoms with Crippen LogP contribution in [0.4, 0.5) is 4.79 Å². The number of hydrogen-bond donors (Lipinski definition) is 3. The summed E-state index contributed by atoms with van der Waals surface area (Å²) < 4.78 is 4.83. The lowest BCUT2D eigenvalue weighted by molar-refractivity contribution is 0.0598. The Bertz CT molecular complexity index is 477. The molecule has 0 radical (unpaired) electrons. The SMILES string of the molecule is COCC(O)CCNC(=O)NC(C)Cc1ccc(C)cc1C. The van der Waals surface area contributed by atoms with Crippen LogP contribution >= 0.6 is 0 Å². The van der Waals surface area contributed by atoms with Crippen LogP contribution in [0.15, 0.2) is 18.2 Å². The summed E-state index contributed by atoms with van der Waals surface area (Å²) in [6.07, 6.45) is 0.733. The first kappa shape index (κ1) is 18.5. The van der Waals surface area contributed by atoms with Crippen LogP contribution in [-0.4, -0.2) is 43.5 Å². The van der Waals surface area contributed by atoms with E-state index < -0.39 is 6.10 Å². The highest BCUT2D eigenvalue weighted by molar-refractivity contribution is 5.74. The van der Waals surface area contributed by atoms with E-state index in [1.165, 1.54) is 23.8 Å².